The monoisotopic (exact) mass is 319 g/mol. The summed E-state index contributed by atoms with van der Waals surface area (Å²) in [6.07, 6.45) is 8.86. The summed E-state index contributed by atoms with van der Waals surface area (Å²) in [7, 11) is 1.58. The Labute approximate surface area is 137 Å². The Morgan fingerprint density at radius 2 is 1.65 bits per heavy atom. The molecule has 1 aromatic heterocycles. The van der Waals surface area contributed by atoms with Gasteiger partial charge in [-0.2, -0.15) is 0 Å². The van der Waals surface area contributed by atoms with Crippen LogP contribution in [-0.4, -0.2) is 23.8 Å². The minimum Gasteiger partial charge on any atom is -0.494 e. The number of unbranched alkanes of at least 4 members (excludes halogenated alkanes) is 6. The smallest absolute Gasteiger partial charge is 0.145 e. The lowest BCUT2D eigenvalue weighted by Gasteiger charge is -2.08. The molecule has 0 amide bonds. The van der Waals surface area contributed by atoms with Gasteiger partial charge in [-0.15, -0.1) is 0 Å². The number of aromatic nitrogens is 1. The van der Waals surface area contributed by atoms with Crippen molar-refractivity contribution in [2.75, 3.05) is 13.7 Å². The van der Waals surface area contributed by atoms with Gasteiger partial charge in [-0.25, -0.2) is 9.37 Å². The summed E-state index contributed by atoms with van der Waals surface area (Å²) in [4.78, 5) is 4.57. The normalized spacial score (nSPS) is 11.1. The molecule has 1 N–H and O–H groups in total. The second-order valence-corrected chi connectivity index (χ2v) is 5.90. The number of fused-ring (bicyclic) bond motifs is 1. The number of aliphatic hydroxyl groups excluding tert-OH is 1. The average Bonchev–Trinajstić information content (AvgIpc) is 2.57. The lowest BCUT2D eigenvalue weighted by molar-refractivity contribution is 0.282. The third-order valence-corrected chi connectivity index (χ3v) is 4.14. The molecule has 0 aliphatic carbocycles. The first-order valence-corrected chi connectivity index (χ1v) is 8.49. The number of aryl methyl sites for hydroxylation is 1. The summed E-state index contributed by atoms with van der Waals surface area (Å²) in [6.45, 7) is 0.303. The number of aliphatic hydroxyl groups is 1. The number of rotatable bonds is 10. The molecule has 0 bridgehead atoms. The molecular weight excluding hydrogens is 293 g/mol. The van der Waals surface area contributed by atoms with Gasteiger partial charge in [0.1, 0.15) is 17.1 Å². The van der Waals surface area contributed by atoms with Crippen molar-refractivity contribution in [1.82, 2.24) is 4.98 Å². The Balaban J connectivity index is 1.84. The first-order valence-electron chi connectivity index (χ1n) is 8.49. The Bertz CT molecular complexity index is 616. The highest BCUT2D eigenvalue weighted by Gasteiger charge is 2.08. The Kier molecular flexibility index (Phi) is 7.27. The second-order valence-electron chi connectivity index (χ2n) is 5.90. The Hall–Kier alpha value is -1.68. The van der Waals surface area contributed by atoms with Crippen LogP contribution in [0.4, 0.5) is 4.39 Å². The van der Waals surface area contributed by atoms with Gasteiger partial charge in [0.15, 0.2) is 0 Å². The largest absolute Gasteiger partial charge is 0.494 e. The van der Waals surface area contributed by atoms with Crippen LogP contribution in [0.2, 0.25) is 0 Å². The zero-order valence-corrected chi connectivity index (χ0v) is 13.9. The topological polar surface area (TPSA) is 42.4 Å². The van der Waals surface area contributed by atoms with Crippen LogP contribution in [0, 0.1) is 5.82 Å². The van der Waals surface area contributed by atoms with E-state index in [-0.39, 0.29) is 5.82 Å². The van der Waals surface area contributed by atoms with Crippen LogP contribution in [0.25, 0.3) is 10.9 Å². The molecule has 2 rings (SSSR count). The van der Waals surface area contributed by atoms with Gasteiger partial charge >= 0.3 is 0 Å². The number of halogens is 1. The average molecular weight is 319 g/mol. The number of hydrogen-bond donors (Lipinski definition) is 1. The highest BCUT2D eigenvalue weighted by Crippen LogP contribution is 2.26. The molecule has 0 fully saturated rings. The highest BCUT2D eigenvalue weighted by atomic mass is 19.1. The van der Waals surface area contributed by atoms with Crippen molar-refractivity contribution in [3.8, 4) is 5.75 Å². The van der Waals surface area contributed by atoms with E-state index in [4.69, 9.17) is 9.84 Å². The van der Waals surface area contributed by atoms with Crippen molar-refractivity contribution >= 4 is 10.9 Å². The van der Waals surface area contributed by atoms with Gasteiger partial charge in [0.05, 0.1) is 7.11 Å². The van der Waals surface area contributed by atoms with Crippen LogP contribution in [0.1, 0.15) is 50.6 Å². The summed E-state index contributed by atoms with van der Waals surface area (Å²) < 4.78 is 19.1. The highest BCUT2D eigenvalue weighted by molar-refractivity contribution is 5.85. The van der Waals surface area contributed by atoms with Crippen LogP contribution >= 0.6 is 0 Å². The predicted molar refractivity (Wildman–Crippen MR) is 91.4 cm³/mol. The SMILES string of the molecule is COc1ccc(F)c2ccc(CCCCCCCCCO)nc12. The molecule has 126 valence electrons. The zero-order valence-electron chi connectivity index (χ0n) is 13.9. The number of methoxy groups -OCH3 is 1. The van der Waals surface area contributed by atoms with Crippen LogP contribution < -0.4 is 4.74 Å². The number of hydrogen-bond acceptors (Lipinski definition) is 3. The van der Waals surface area contributed by atoms with E-state index in [0.717, 1.165) is 31.4 Å². The molecule has 1 aromatic carbocycles. The van der Waals surface area contributed by atoms with Crippen LogP contribution in [0.5, 0.6) is 5.75 Å². The fraction of sp³-hybridized carbons (Fsp3) is 0.526. The van der Waals surface area contributed by atoms with Crippen molar-refractivity contribution in [2.24, 2.45) is 0 Å². The molecule has 0 aliphatic heterocycles. The summed E-state index contributed by atoms with van der Waals surface area (Å²) in [5.41, 5.74) is 1.59. The van der Waals surface area contributed by atoms with E-state index >= 15 is 0 Å². The molecule has 0 saturated carbocycles. The van der Waals surface area contributed by atoms with Crippen molar-refractivity contribution in [2.45, 2.75) is 51.4 Å². The molecular formula is C19H26FNO2. The lowest BCUT2D eigenvalue weighted by atomic mass is 10.1. The van der Waals surface area contributed by atoms with Gasteiger partial charge in [-0.3, -0.25) is 0 Å². The summed E-state index contributed by atoms with van der Waals surface area (Å²) in [6, 6.07) is 6.75. The maximum absolute atomic E-state index is 13.8. The molecule has 0 atom stereocenters. The second kappa shape index (κ2) is 9.46. The van der Waals surface area contributed by atoms with Gasteiger partial charge in [0, 0.05) is 17.7 Å². The predicted octanol–water partition coefficient (Wildman–Crippen LogP) is 4.65. The minimum absolute atomic E-state index is 0.261. The quantitative estimate of drug-likeness (QED) is 0.648. The van der Waals surface area contributed by atoms with Gasteiger partial charge in [0.2, 0.25) is 0 Å². The van der Waals surface area contributed by atoms with E-state index in [9.17, 15) is 4.39 Å². The first kappa shape index (κ1) is 17.7. The van der Waals surface area contributed by atoms with E-state index < -0.39 is 0 Å². The molecule has 0 unspecified atom stereocenters. The van der Waals surface area contributed by atoms with Crippen LogP contribution in [0.3, 0.4) is 0 Å². The van der Waals surface area contributed by atoms with Crippen molar-refractivity contribution in [3.63, 3.8) is 0 Å². The van der Waals surface area contributed by atoms with E-state index in [1.165, 1.54) is 31.7 Å². The van der Waals surface area contributed by atoms with Gasteiger partial charge < -0.3 is 9.84 Å². The first-order chi connectivity index (χ1) is 11.3. The Morgan fingerprint density at radius 1 is 0.957 bits per heavy atom. The summed E-state index contributed by atoms with van der Waals surface area (Å²) >= 11 is 0. The maximum Gasteiger partial charge on any atom is 0.145 e. The van der Waals surface area contributed by atoms with Crippen LogP contribution in [0.15, 0.2) is 24.3 Å². The van der Waals surface area contributed by atoms with Gasteiger partial charge in [-0.1, -0.05) is 32.1 Å². The third-order valence-electron chi connectivity index (χ3n) is 4.14. The fourth-order valence-corrected chi connectivity index (χ4v) is 2.80. The molecule has 1 heterocycles. The molecule has 0 saturated heterocycles. The van der Waals surface area contributed by atoms with Crippen molar-refractivity contribution in [3.05, 3.63) is 35.8 Å². The number of nitrogens with zero attached hydrogens (tertiary/aromatic N) is 1. The number of pyridine rings is 1. The van der Waals surface area contributed by atoms with Gasteiger partial charge in [0.25, 0.3) is 0 Å². The van der Waals surface area contributed by atoms with E-state index in [1.807, 2.05) is 6.07 Å². The maximum atomic E-state index is 13.8. The standard InChI is InChI=1S/C19H26FNO2/c1-23-18-13-12-17(20)16-11-10-15(21-19(16)18)9-7-5-3-2-4-6-8-14-22/h10-13,22H,2-9,14H2,1H3. The fourth-order valence-electron chi connectivity index (χ4n) is 2.80. The van der Waals surface area contributed by atoms with Crippen molar-refractivity contribution < 1.29 is 14.2 Å². The number of ether oxygens (including phenoxy) is 1. The molecule has 3 nitrogen and oxygen atoms in total. The molecule has 0 aliphatic rings. The van der Waals surface area contributed by atoms with E-state index in [2.05, 4.69) is 4.98 Å². The molecule has 0 radical (unpaired) electrons. The molecule has 23 heavy (non-hydrogen) atoms. The van der Waals surface area contributed by atoms with Crippen molar-refractivity contribution in [1.29, 1.82) is 0 Å². The van der Waals surface area contributed by atoms with E-state index in [1.54, 1.807) is 19.2 Å². The summed E-state index contributed by atoms with van der Waals surface area (Å²) in [5.74, 6) is 0.356. The van der Waals surface area contributed by atoms with Gasteiger partial charge in [-0.05, 0) is 43.5 Å². The van der Waals surface area contributed by atoms with Crippen LogP contribution in [-0.2, 0) is 6.42 Å². The minimum atomic E-state index is -0.261. The molecule has 0 spiro atoms. The molecule has 2 aromatic rings. The third kappa shape index (κ3) is 5.17. The number of benzene rings is 1. The Morgan fingerprint density at radius 3 is 2.35 bits per heavy atom. The van der Waals surface area contributed by atoms with E-state index in [0.29, 0.717) is 23.3 Å². The molecule has 4 heteroatoms. The zero-order chi connectivity index (χ0) is 16.5. The lowest BCUT2D eigenvalue weighted by Crippen LogP contribution is -1.95. The summed E-state index contributed by atoms with van der Waals surface area (Å²) in [5, 5.41) is 9.23.